The van der Waals surface area contributed by atoms with Gasteiger partial charge in [0.2, 0.25) is 0 Å². The summed E-state index contributed by atoms with van der Waals surface area (Å²) in [5.41, 5.74) is 0.955. The maximum atomic E-state index is 12.5. The van der Waals surface area contributed by atoms with Gasteiger partial charge in [0, 0.05) is 24.8 Å². The predicted octanol–water partition coefficient (Wildman–Crippen LogP) is 2.88. The van der Waals surface area contributed by atoms with Gasteiger partial charge in [0.1, 0.15) is 0 Å². The number of piperidine rings is 1. The molecule has 1 saturated heterocycles. The van der Waals surface area contributed by atoms with Crippen molar-refractivity contribution < 1.29 is 21.6 Å². The molecule has 3 rings (SSSR count). The number of hydrogen-bond acceptors (Lipinski definition) is 7. The van der Waals surface area contributed by atoms with E-state index in [1.807, 2.05) is 12.1 Å². The Balaban J connectivity index is 1.56. The van der Waals surface area contributed by atoms with Crippen LogP contribution in [0.5, 0.6) is 0 Å². The molecule has 0 bridgehead atoms. The third-order valence-corrected chi connectivity index (χ3v) is 6.14. The number of halogens is 2. The van der Waals surface area contributed by atoms with Crippen molar-refractivity contribution in [1.82, 2.24) is 10.2 Å². The van der Waals surface area contributed by atoms with Crippen molar-refractivity contribution in [3.05, 3.63) is 30.2 Å². The first-order chi connectivity index (χ1) is 12.4. The van der Waals surface area contributed by atoms with Crippen molar-refractivity contribution in [2.75, 3.05) is 29.1 Å². The molecule has 0 amide bonds. The van der Waals surface area contributed by atoms with Gasteiger partial charge < -0.3 is 14.6 Å². The Morgan fingerprint density at radius 3 is 2.42 bits per heavy atom. The molecule has 1 N–H and O–H groups in total. The van der Waals surface area contributed by atoms with Crippen LogP contribution >= 0.6 is 0 Å². The second-order valence-electron chi connectivity index (χ2n) is 6.05. The minimum atomic E-state index is -3.20. The fourth-order valence-electron chi connectivity index (χ4n) is 2.87. The summed E-state index contributed by atoms with van der Waals surface area (Å²) in [6.07, 6.45) is -1.25. The van der Waals surface area contributed by atoms with Crippen LogP contribution in [0.3, 0.4) is 0 Å². The highest BCUT2D eigenvalue weighted by Crippen LogP contribution is 2.24. The minimum absolute atomic E-state index is 0.00729. The van der Waals surface area contributed by atoms with Crippen LogP contribution in [0.4, 0.5) is 20.5 Å². The fourth-order valence-corrected chi connectivity index (χ4v) is 3.75. The second-order valence-corrected chi connectivity index (χ2v) is 8.33. The molecule has 10 heteroatoms. The first-order valence-corrected chi connectivity index (χ1v) is 10.00. The number of alkyl halides is 2. The lowest BCUT2D eigenvalue weighted by atomic mass is 10.0. The van der Waals surface area contributed by atoms with Crippen LogP contribution in [-0.4, -0.2) is 43.5 Å². The Labute approximate surface area is 150 Å². The van der Waals surface area contributed by atoms with E-state index in [1.165, 1.54) is 0 Å². The van der Waals surface area contributed by atoms with Crippen molar-refractivity contribution in [2.24, 2.45) is 0 Å². The molecular formula is C16H20F2N4O3S. The molecule has 1 aliphatic heterocycles. The molecule has 0 spiro atoms. The number of sulfone groups is 1. The molecule has 1 aromatic heterocycles. The zero-order chi connectivity index (χ0) is 18.7. The maximum Gasteiger partial charge on any atom is 0.315 e. The lowest BCUT2D eigenvalue weighted by molar-refractivity contribution is 0.116. The number of aromatic nitrogens is 2. The SMILES string of the molecule is CCS(=O)(=O)c1ccc(N2CCC(Nc3nnc(C(F)F)o3)CC2)cc1. The Morgan fingerprint density at radius 1 is 1.23 bits per heavy atom. The van der Waals surface area contributed by atoms with Crippen molar-refractivity contribution >= 4 is 21.5 Å². The zero-order valence-electron chi connectivity index (χ0n) is 14.2. The molecule has 2 aromatic rings. The van der Waals surface area contributed by atoms with Crippen LogP contribution in [0.15, 0.2) is 33.6 Å². The van der Waals surface area contributed by atoms with Crippen molar-refractivity contribution in [3.63, 3.8) is 0 Å². The molecule has 2 heterocycles. The van der Waals surface area contributed by atoms with Crippen molar-refractivity contribution in [1.29, 1.82) is 0 Å². The largest absolute Gasteiger partial charge is 0.402 e. The second kappa shape index (κ2) is 7.56. The maximum absolute atomic E-state index is 12.5. The monoisotopic (exact) mass is 386 g/mol. The molecule has 7 nitrogen and oxygen atoms in total. The van der Waals surface area contributed by atoms with Gasteiger partial charge in [0.25, 0.3) is 5.89 Å². The number of rotatable bonds is 6. The zero-order valence-corrected chi connectivity index (χ0v) is 15.0. The molecule has 0 unspecified atom stereocenters. The van der Waals surface area contributed by atoms with Gasteiger partial charge in [-0.3, -0.25) is 0 Å². The van der Waals surface area contributed by atoms with Crippen molar-refractivity contribution in [3.8, 4) is 0 Å². The van der Waals surface area contributed by atoms with E-state index < -0.39 is 22.2 Å². The highest BCUT2D eigenvalue weighted by atomic mass is 32.2. The number of benzene rings is 1. The van der Waals surface area contributed by atoms with E-state index in [9.17, 15) is 17.2 Å². The number of hydrogen-bond donors (Lipinski definition) is 1. The quantitative estimate of drug-likeness (QED) is 0.817. The van der Waals surface area contributed by atoms with E-state index in [-0.39, 0.29) is 17.8 Å². The summed E-state index contributed by atoms with van der Waals surface area (Å²) < 4.78 is 53.5. The summed E-state index contributed by atoms with van der Waals surface area (Å²) in [7, 11) is -3.20. The molecule has 0 aliphatic carbocycles. The Kier molecular flexibility index (Phi) is 5.40. The first-order valence-electron chi connectivity index (χ1n) is 8.35. The Bertz CT molecular complexity index is 831. The summed E-state index contributed by atoms with van der Waals surface area (Å²) in [5.74, 6) is -0.612. The van der Waals surface area contributed by atoms with Gasteiger partial charge >= 0.3 is 12.4 Å². The molecule has 0 atom stereocenters. The first kappa shape index (κ1) is 18.6. The van der Waals surface area contributed by atoms with Crippen LogP contribution < -0.4 is 10.2 Å². The van der Waals surface area contributed by atoms with Gasteiger partial charge in [-0.05, 0) is 37.1 Å². The molecule has 1 aromatic carbocycles. The predicted molar refractivity (Wildman–Crippen MR) is 92.3 cm³/mol. The third kappa shape index (κ3) is 4.12. The van der Waals surface area contributed by atoms with Gasteiger partial charge in [-0.25, -0.2) is 8.42 Å². The van der Waals surface area contributed by atoms with E-state index >= 15 is 0 Å². The lowest BCUT2D eigenvalue weighted by Gasteiger charge is -2.33. The normalized spacial score (nSPS) is 16.2. The minimum Gasteiger partial charge on any atom is -0.402 e. The molecule has 1 aliphatic rings. The molecule has 1 fully saturated rings. The topological polar surface area (TPSA) is 88.3 Å². The van der Waals surface area contributed by atoms with E-state index in [2.05, 4.69) is 20.4 Å². The van der Waals surface area contributed by atoms with E-state index in [0.717, 1.165) is 31.6 Å². The average Bonchev–Trinajstić information content (AvgIpc) is 3.11. The summed E-state index contributed by atoms with van der Waals surface area (Å²) in [5, 5.41) is 9.85. The fraction of sp³-hybridized carbons (Fsp3) is 0.500. The molecule has 26 heavy (non-hydrogen) atoms. The van der Waals surface area contributed by atoms with Gasteiger partial charge in [-0.1, -0.05) is 12.0 Å². The Hall–Kier alpha value is -2.23. The van der Waals surface area contributed by atoms with Crippen LogP contribution in [0.2, 0.25) is 0 Å². The van der Waals surface area contributed by atoms with Crippen LogP contribution in [-0.2, 0) is 9.84 Å². The van der Waals surface area contributed by atoms with Crippen LogP contribution in [0, 0.1) is 0 Å². The highest BCUT2D eigenvalue weighted by molar-refractivity contribution is 7.91. The summed E-state index contributed by atoms with van der Waals surface area (Å²) in [4.78, 5) is 2.48. The van der Waals surface area contributed by atoms with Crippen molar-refractivity contribution in [2.45, 2.75) is 37.1 Å². The van der Waals surface area contributed by atoms with Gasteiger partial charge in [-0.2, -0.15) is 8.78 Å². The molecule has 0 radical (unpaired) electrons. The van der Waals surface area contributed by atoms with E-state index in [4.69, 9.17) is 4.42 Å². The summed E-state index contributed by atoms with van der Waals surface area (Å²) in [6, 6.07) is 6.93. The molecule has 0 saturated carbocycles. The van der Waals surface area contributed by atoms with Gasteiger partial charge in [-0.15, -0.1) is 5.10 Å². The van der Waals surface area contributed by atoms with Crippen LogP contribution in [0.1, 0.15) is 32.1 Å². The van der Waals surface area contributed by atoms with Gasteiger partial charge in [0.05, 0.1) is 10.6 Å². The van der Waals surface area contributed by atoms with Gasteiger partial charge in [0.15, 0.2) is 9.84 Å². The lowest BCUT2D eigenvalue weighted by Crippen LogP contribution is -2.39. The Morgan fingerprint density at radius 2 is 1.88 bits per heavy atom. The highest BCUT2D eigenvalue weighted by Gasteiger charge is 2.23. The number of nitrogens with zero attached hydrogens (tertiary/aromatic N) is 3. The number of anilines is 2. The van der Waals surface area contributed by atoms with Crippen LogP contribution in [0.25, 0.3) is 0 Å². The number of nitrogens with one attached hydrogen (secondary N) is 1. The van der Waals surface area contributed by atoms with E-state index in [0.29, 0.717) is 4.90 Å². The molecule has 142 valence electrons. The standard InChI is InChI=1S/C16H20F2N4O3S/c1-2-26(23,24)13-5-3-12(4-6-13)22-9-7-11(8-10-22)19-16-21-20-15(25-16)14(17)18/h3-6,11,14H,2,7-10H2,1H3,(H,19,21). The summed E-state index contributed by atoms with van der Waals surface area (Å²) in [6.45, 7) is 3.11. The summed E-state index contributed by atoms with van der Waals surface area (Å²) >= 11 is 0. The molecular weight excluding hydrogens is 366 g/mol. The van der Waals surface area contributed by atoms with E-state index in [1.54, 1.807) is 19.1 Å². The third-order valence-electron chi connectivity index (χ3n) is 4.39. The average molecular weight is 386 g/mol. The smallest absolute Gasteiger partial charge is 0.315 e.